The molecule has 1 amide bonds. The third-order valence-corrected chi connectivity index (χ3v) is 5.51. The minimum Gasteiger partial charge on any atom is -0.440 e. The lowest BCUT2D eigenvalue weighted by atomic mass is 10.0. The maximum Gasteiger partial charge on any atom is 0.227 e. The number of hydrogen-bond donors (Lipinski definition) is 0. The van der Waals surface area contributed by atoms with Crippen LogP contribution in [-0.2, 0) is 22.6 Å². The lowest BCUT2D eigenvalue weighted by Gasteiger charge is -2.17. The zero-order chi connectivity index (χ0) is 21.1. The molecule has 4 rings (SSSR count). The maximum atomic E-state index is 12.1. The van der Waals surface area contributed by atoms with Gasteiger partial charge in [-0.2, -0.15) is 0 Å². The van der Waals surface area contributed by atoms with Gasteiger partial charge in [-0.25, -0.2) is 4.98 Å². The summed E-state index contributed by atoms with van der Waals surface area (Å²) < 4.78 is 11.6. The highest BCUT2D eigenvalue weighted by Gasteiger charge is 2.22. The third-order valence-electron chi connectivity index (χ3n) is 5.51. The van der Waals surface area contributed by atoms with Crippen molar-refractivity contribution in [2.45, 2.75) is 46.6 Å². The zero-order valence-electron chi connectivity index (χ0n) is 17.9. The molecule has 1 aliphatic rings. The van der Waals surface area contributed by atoms with Crippen LogP contribution in [0, 0.1) is 13.8 Å². The molecule has 5 heteroatoms. The summed E-state index contributed by atoms with van der Waals surface area (Å²) in [5, 5.41) is 0. The Balaban J connectivity index is 1.56. The molecule has 2 heterocycles. The summed E-state index contributed by atoms with van der Waals surface area (Å²) in [6.45, 7) is 8.23. The van der Waals surface area contributed by atoms with Crippen molar-refractivity contribution in [3.8, 4) is 11.3 Å². The summed E-state index contributed by atoms with van der Waals surface area (Å²) in [6, 6.07) is 12.5. The van der Waals surface area contributed by atoms with Gasteiger partial charge in [-0.05, 0) is 67.6 Å². The van der Waals surface area contributed by atoms with Crippen LogP contribution in [0.2, 0.25) is 0 Å². The number of amides is 1. The highest BCUT2D eigenvalue weighted by Crippen LogP contribution is 2.30. The molecule has 156 valence electrons. The zero-order valence-corrected chi connectivity index (χ0v) is 17.9. The monoisotopic (exact) mass is 404 g/mol. The minimum atomic E-state index is 0.187. The number of benzene rings is 2. The molecule has 0 radical (unpaired) electrons. The Bertz CT molecular complexity index is 1050. The summed E-state index contributed by atoms with van der Waals surface area (Å²) in [5.74, 6) is 1.60. The number of carbonyl (C=O) groups excluding carboxylic acids is 1. The molecule has 2 aromatic carbocycles. The second kappa shape index (κ2) is 8.84. The van der Waals surface area contributed by atoms with Crippen molar-refractivity contribution < 1.29 is 13.9 Å². The largest absolute Gasteiger partial charge is 0.440 e. The molecule has 0 bridgehead atoms. The second-order valence-corrected chi connectivity index (χ2v) is 7.90. The van der Waals surface area contributed by atoms with Crippen LogP contribution in [0.15, 0.2) is 47.0 Å². The van der Waals surface area contributed by atoms with Crippen molar-refractivity contribution in [2.75, 3.05) is 18.1 Å². The first-order chi connectivity index (χ1) is 14.5. The molecule has 3 aromatic rings. The maximum absolute atomic E-state index is 12.1. The fraction of sp³-hybridized carbons (Fsp3) is 0.360. The molecule has 0 atom stereocenters. The van der Waals surface area contributed by atoms with Crippen molar-refractivity contribution in [3.05, 3.63) is 70.7 Å². The minimum absolute atomic E-state index is 0.187. The number of nitrogens with zero attached hydrogens (tertiary/aromatic N) is 2. The van der Waals surface area contributed by atoms with Gasteiger partial charge in [0, 0.05) is 37.2 Å². The molecule has 0 spiro atoms. The van der Waals surface area contributed by atoms with E-state index in [1.807, 2.05) is 24.8 Å². The Morgan fingerprint density at radius 1 is 1.17 bits per heavy atom. The van der Waals surface area contributed by atoms with Crippen molar-refractivity contribution in [3.63, 3.8) is 0 Å². The summed E-state index contributed by atoms with van der Waals surface area (Å²) >= 11 is 0. The quantitative estimate of drug-likeness (QED) is 0.542. The molecule has 1 fully saturated rings. The molecular weight excluding hydrogens is 376 g/mol. The van der Waals surface area contributed by atoms with E-state index >= 15 is 0 Å². The topological polar surface area (TPSA) is 55.6 Å². The van der Waals surface area contributed by atoms with E-state index in [0.717, 1.165) is 41.1 Å². The lowest BCUT2D eigenvalue weighted by Crippen LogP contribution is -2.23. The molecule has 1 aliphatic heterocycles. The van der Waals surface area contributed by atoms with Crippen LogP contribution in [0.3, 0.4) is 0 Å². The van der Waals surface area contributed by atoms with Crippen LogP contribution < -0.4 is 4.90 Å². The number of aromatic nitrogens is 1. The van der Waals surface area contributed by atoms with E-state index in [4.69, 9.17) is 9.15 Å². The van der Waals surface area contributed by atoms with Crippen molar-refractivity contribution in [1.82, 2.24) is 4.98 Å². The number of anilines is 1. The standard InChI is InChI=1S/C25H28N2O3/c1-4-29-16-19-8-7-18(3)20(12-19)14-24-26-15-23(30-24)21-10-17(2)11-22(13-21)27-9-5-6-25(27)28/h7-8,10-13,15H,4-6,9,14,16H2,1-3H3. The first kappa shape index (κ1) is 20.4. The smallest absolute Gasteiger partial charge is 0.227 e. The molecule has 0 N–H and O–H groups in total. The van der Waals surface area contributed by atoms with Crippen LogP contribution >= 0.6 is 0 Å². The highest BCUT2D eigenvalue weighted by atomic mass is 16.5. The molecule has 0 unspecified atom stereocenters. The third kappa shape index (κ3) is 4.46. The molecule has 0 aliphatic carbocycles. The molecule has 1 saturated heterocycles. The van der Waals surface area contributed by atoms with E-state index < -0.39 is 0 Å². The van der Waals surface area contributed by atoms with Gasteiger partial charge in [0.05, 0.1) is 12.8 Å². The number of rotatable bonds is 7. The number of aryl methyl sites for hydroxylation is 2. The second-order valence-electron chi connectivity index (χ2n) is 7.90. The number of oxazole rings is 1. The average Bonchev–Trinajstić information content (AvgIpc) is 3.37. The summed E-state index contributed by atoms with van der Waals surface area (Å²) in [4.78, 5) is 18.5. The van der Waals surface area contributed by atoms with Crippen molar-refractivity contribution in [1.29, 1.82) is 0 Å². The van der Waals surface area contributed by atoms with Gasteiger partial charge >= 0.3 is 0 Å². The van der Waals surface area contributed by atoms with Gasteiger partial charge in [0.2, 0.25) is 5.91 Å². The lowest BCUT2D eigenvalue weighted by molar-refractivity contribution is -0.117. The van der Waals surface area contributed by atoms with Gasteiger partial charge in [0.25, 0.3) is 0 Å². The fourth-order valence-corrected chi connectivity index (χ4v) is 3.90. The first-order valence-corrected chi connectivity index (χ1v) is 10.6. The van der Waals surface area contributed by atoms with E-state index in [-0.39, 0.29) is 5.91 Å². The van der Waals surface area contributed by atoms with E-state index in [2.05, 4.69) is 42.2 Å². The number of carbonyl (C=O) groups is 1. The van der Waals surface area contributed by atoms with Crippen molar-refractivity contribution in [2.24, 2.45) is 0 Å². The van der Waals surface area contributed by atoms with Gasteiger partial charge in [0.1, 0.15) is 0 Å². The molecule has 5 nitrogen and oxygen atoms in total. The van der Waals surface area contributed by atoms with E-state index in [0.29, 0.717) is 31.9 Å². The Labute approximate surface area is 177 Å². The molecule has 30 heavy (non-hydrogen) atoms. The van der Waals surface area contributed by atoms with E-state index in [1.165, 1.54) is 11.1 Å². The normalized spacial score (nSPS) is 14.0. The Kier molecular flexibility index (Phi) is 6.00. The van der Waals surface area contributed by atoms with E-state index in [9.17, 15) is 4.79 Å². The predicted octanol–water partition coefficient (Wildman–Crippen LogP) is 5.21. The highest BCUT2D eigenvalue weighted by molar-refractivity contribution is 5.96. The fourth-order valence-electron chi connectivity index (χ4n) is 3.90. The van der Waals surface area contributed by atoms with Crippen LogP contribution in [-0.4, -0.2) is 24.0 Å². The summed E-state index contributed by atoms with van der Waals surface area (Å²) in [7, 11) is 0. The number of hydrogen-bond acceptors (Lipinski definition) is 4. The Morgan fingerprint density at radius 2 is 2.03 bits per heavy atom. The summed E-state index contributed by atoms with van der Waals surface area (Å²) in [6.07, 6.45) is 3.95. The molecule has 0 saturated carbocycles. The van der Waals surface area contributed by atoms with Crippen LogP contribution in [0.1, 0.15) is 47.9 Å². The molecular formula is C25H28N2O3. The predicted molar refractivity (Wildman–Crippen MR) is 118 cm³/mol. The van der Waals surface area contributed by atoms with Gasteiger partial charge in [0.15, 0.2) is 11.7 Å². The Morgan fingerprint density at radius 3 is 2.80 bits per heavy atom. The van der Waals surface area contributed by atoms with Gasteiger partial charge < -0.3 is 14.1 Å². The van der Waals surface area contributed by atoms with Crippen LogP contribution in [0.5, 0.6) is 0 Å². The molecule has 1 aromatic heterocycles. The number of ether oxygens (including phenoxy) is 1. The average molecular weight is 405 g/mol. The van der Waals surface area contributed by atoms with Crippen LogP contribution in [0.4, 0.5) is 5.69 Å². The van der Waals surface area contributed by atoms with Gasteiger partial charge in [-0.3, -0.25) is 4.79 Å². The van der Waals surface area contributed by atoms with E-state index in [1.54, 1.807) is 6.20 Å². The van der Waals surface area contributed by atoms with Gasteiger partial charge in [-0.1, -0.05) is 18.2 Å². The van der Waals surface area contributed by atoms with Gasteiger partial charge in [-0.15, -0.1) is 0 Å². The van der Waals surface area contributed by atoms with Crippen molar-refractivity contribution >= 4 is 11.6 Å². The van der Waals surface area contributed by atoms with Crippen LogP contribution in [0.25, 0.3) is 11.3 Å². The summed E-state index contributed by atoms with van der Waals surface area (Å²) in [5.41, 5.74) is 6.53. The first-order valence-electron chi connectivity index (χ1n) is 10.6. The Hall–Kier alpha value is -2.92. The SMILES string of the molecule is CCOCc1ccc(C)c(Cc2ncc(-c3cc(C)cc(N4CCCC4=O)c3)o2)c1.